The molecule has 3 rings (SSSR count). The number of ether oxygens (including phenoxy) is 2. The van der Waals surface area contributed by atoms with Gasteiger partial charge in [-0.1, -0.05) is 24.8 Å². The molecule has 10 heteroatoms. The second-order valence-corrected chi connectivity index (χ2v) is 8.78. The van der Waals surface area contributed by atoms with Gasteiger partial charge in [-0.05, 0) is 19.1 Å². The summed E-state index contributed by atoms with van der Waals surface area (Å²) in [6.45, 7) is 4.46. The first kappa shape index (κ1) is 21.5. The van der Waals surface area contributed by atoms with E-state index in [-0.39, 0.29) is 18.6 Å². The molecule has 0 saturated carbocycles. The number of hydrogen-bond donors (Lipinski definition) is 1. The van der Waals surface area contributed by atoms with Crippen LogP contribution in [0.5, 0.6) is 0 Å². The van der Waals surface area contributed by atoms with E-state index in [4.69, 9.17) is 9.47 Å². The summed E-state index contributed by atoms with van der Waals surface area (Å²) < 4.78 is 37.4. The number of aromatic nitrogens is 2. The van der Waals surface area contributed by atoms with Crippen LogP contribution in [0.3, 0.4) is 0 Å². The number of sulfone groups is 1. The summed E-state index contributed by atoms with van der Waals surface area (Å²) in [6.07, 6.45) is -0.778. The average molecular weight is 432 g/mol. The van der Waals surface area contributed by atoms with Crippen LogP contribution in [0.2, 0.25) is 0 Å². The van der Waals surface area contributed by atoms with Crippen LogP contribution < -0.4 is 11.2 Å². The van der Waals surface area contributed by atoms with Crippen molar-refractivity contribution in [3.8, 4) is 0 Å². The lowest BCUT2D eigenvalue weighted by Crippen LogP contribution is -2.34. The van der Waals surface area contributed by atoms with Crippen molar-refractivity contribution in [3.05, 3.63) is 86.2 Å². The molecule has 2 heterocycles. The molecular formula is C20H20N2O7S. The smallest absolute Gasteiger partial charge is 0.338 e. The molecule has 1 aliphatic rings. The molecule has 0 radical (unpaired) electrons. The summed E-state index contributed by atoms with van der Waals surface area (Å²) in [7, 11) is -3.85. The predicted molar refractivity (Wildman–Crippen MR) is 108 cm³/mol. The fraction of sp³-hybridized carbons (Fsp3) is 0.300. The van der Waals surface area contributed by atoms with Gasteiger partial charge < -0.3 is 9.47 Å². The van der Waals surface area contributed by atoms with Crippen LogP contribution in [0.4, 0.5) is 0 Å². The van der Waals surface area contributed by atoms with Gasteiger partial charge in [0.2, 0.25) is 0 Å². The zero-order valence-electron chi connectivity index (χ0n) is 16.1. The lowest BCUT2D eigenvalue weighted by molar-refractivity contribution is -0.0335. The number of H-pyrrole nitrogens is 1. The third-order valence-electron chi connectivity index (χ3n) is 4.69. The van der Waals surface area contributed by atoms with E-state index >= 15 is 0 Å². The summed E-state index contributed by atoms with van der Waals surface area (Å²) in [6, 6.07) is 8.23. The molecular weight excluding hydrogens is 412 g/mol. The zero-order chi connectivity index (χ0) is 21.9. The van der Waals surface area contributed by atoms with Crippen molar-refractivity contribution in [1.82, 2.24) is 9.55 Å². The van der Waals surface area contributed by atoms with Crippen molar-refractivity contribution in [2.24, 2.45) is 0 Å². The highest BCUT2D eigenvalue weighted by Gasteiger charge is 2.44. The molecule has 0 spiro atoms. The number of rotatable bonds is 6. The monoisotopic (exact) mass is 432 g/mol. The number of aromatic amines is 1. The quantitative estimate of drug-likeness (QED) is 0.535. The maximum Gasteiger partial charge on any atom is 0.338 e. The van der Waals surface area contributed by atoms with E-state index in [0.29, 0.717) is 5.56 Å². The third kappa shape index (κ3) is 4.51. The lowest BCUT2D eigenvalue weighted by atomic mass is 10.2. The van der Waals surface area contributed by atoms with Gasteiger partial charge in [0.05, 0.1) is 16.2 Å². The molecule has 1 saturated heterocycles. The Balaban J connectivity index is 1.87. The lowest BCUT2D eigenvalue weighted by Gasteiger charge is -2.17. The van der Waals surface area contributed by atoms with Crippen LogP contribution in [-0.2, 0) is 19.3 Å². The summed E-state index contributed by atoms with van der Waals surface area (Å²) in [5.74, 6) is -0.630. The first-order valence-corrected chi connectivity index (χ1v) is 10.6. The Bertz CT molecular complexity index is 1210. The summed E-state index contributed by atoms with van der Waals surface area (Å²) in [5.41, 5.74) is 1.54. The van der Waals surface area contributed by atoms with Crippen molar-refractivity contribution in [2.75, 3.05) is 6.61 Å². The first-order chi connectivity index (χ1) is 14.2. The number of nitrogens with one attached hydrogen (secondary N) is 1. The van der Waals surface area contributed by atoms with Crippen molar-refractivity contribution in [3.63, 3.8) is 0 Å². The number of esters is 1. The van der Waals surface area contributed by atoms with Gasteiger partial charge in [-0.15, -0.1) is 5.73 Å². The Kier molecular flexibility index (Phi) is 6.21. The Morgan fingerprint density at radius 3 is 2.73 bits per heavy atom. The van der Waals surface area contributed by atoms with E-state index < -0.39 is 44.6 Å². The molecule has 3 atom stereocenters. The highest BCUT2D eigenvalue weighted by molar-refractivity contribution is 7.94. The molecule has 0 aliphatic carbocycles. The molecule has 0 unspecified atom stereocenters. The number of nitrogens with zero attached hydrogens (tertiary/aromatic N) is 1. The highest BCUT2D eigenvalue weighted by atomic mass is 32.2. The molecule has 158 valence electrons. The standard InChI is InChI=1S/C20H20N2O7S/c1-3-9-30(26,27)16-10-17(22-11-13(2)18(23)21-20(22)25)29-15(16)12-28-19(24)14-7-5-4-6-8-14/h4-9,11,15-17H,1,10,12H2,2H3,(H,21,23,25)/t15-,16+,17-/m1/s1. The van der Waals surface area contributed by atoms with Crippen molar-refractivity contribution >= 4 is 15.8 Å². The number of benzene rings is 1. The molecule has 0 bridgehead atoms. The minimum Gasteiger partial charge on any atom is -0.459 e. The minimum atomic E-state index is -3.85. The van der Waals surface area contributed by atoms with Crippen LogP contribution in [0.25, 0.3) is 0 Å². The third-order valence-corrected chi connectivity index (χ3v) is 6.53. The second kappa shape index (κ2) is 8.66. The zero-order valence-corrected chi connectivity index (χ0v) is 16.9. The van der Waals surface area contributed by atoms with Gasteiger partial charge in [-0.2, -0.15) is 0 Å². The van der Waals surface area contributed by atoms with Gasteiger partial charge >= 0.3 is 11.7 Å². The summed E-state index contributed by atoms with van der Waals surface area (Å²) in [4.78, 5) is 38.2. The Hall–Kier alpha value is -3.20. The summed E-state index contributed by atoms with van der Waals surface area (Å²) in [5, 5.41) is -0.268. The van der Waals surface area contributed by atoms with Crippen molar-refractivity contribution < 1.29 is 22.7 Å². The van der Waals surface area contributed by atoms with Crippen molar-refractivity contribution in [1.29, 1.82) is 0 Å². The maximum atomic E-state index is 12.6. The number of hydrogen-bond acceptors (Lipinski definition) is 7. The van der Waals surface area contributed by atoms with E-state index in [1.165, 1.54) is 13.1 Å². The maximum absolute atomic E-state index is 12.6. The topological polar surface area (TPSA) is 125 Å². The van der Waals surface area contributed by atoms with Crippen LogP contribution in [0, 0.1) is 6.92 Å². The minimum absolute atomic E-state index is 0.0839. The number of carbonyl (C=O) groups excluding carboxylic acids is 1. The van der Waals surface area contributed by atoms with Gasteiger partial charge in [0, 0.05) is 18.2 Å². The molecule has 1 aromatic heterocycles. The van der Waals surface area contributed by atoms with E-state index in [9.17, 15) is 22.8 Å². The van der Waals surface area contributed by atoms with E-state index in [0.717, 1.165) is 9.98 Å². The molecule has 0 amide bonds. The Morgan fingerprint density at radius 1 is 1.37 bits per heavy atom. The van der Waals surface area contributed by atoms with E-state index in [1.54, 1.807) is 30.3 Å². The van der Waals surface area contributed by atoms with E-state index in [2.05, 4.69) is 17.3 Å². The van der Waals surface area contributed by atoms with Crippen molar-refractivity contribution in [2.45, 2.75) is 30.9 Å². The number of aryl methyl sites for hydroxylation is 1. The van der Waals surface area contributed by atoms with Gasteiger partial charge in [0.15, 0.2) is 9.84 Å². The van der Waals surface area contributed by atoms with Crippen LogP contribution >= 0.6 is 0 Å². The van der Waals surface area contributed by atoms with Crippen LogP contribution in [0.1, 0.15) is 28.6 Å². The van der Waals surface area contributed by atoms with Gasteiger partial charge in [-0.25, -0.2) is 18.0 Å². The molecule has 30 heavy (non-hydrogen) atoms. The largest absolute Gasteiger partial charge is 0.459 e. The number of carbonyl (C=O) groups is 1. The fourth-order valence-corrected chi connectivity index (χ4v) is 4.59. The fourth-order valence-electron chi connectivity index (χ4n) is 3.19. The SMILES string of the molecule is C=C=CS(=O)(=O)[C@H]1C[C@H](n2cc(C)c(=O)[nH]c2=O)O[C@@H]1COC(=O)c1ccccc1. The highest BCUT2D eigenvalue weighted by Crippen LogP contribution is 2.33. The molecule has 1 fully saturated rings. The molecule has 2 aromatic rings. The van der Waals surface area contributed by atoms with E-state index in [1.807, 2.05) is 0 Å². The van der Waals surface area contributed by atoms with Crippen LogP contribution in [0.15, 0.2) is 63.8 Å². The predicted octanol–water partition coefficient (Wildman–Crippen LogP) is 1.07. The van der Waals surface area contributed by atoms with Crippen LogP contribution in [-0.4, -0.2) is 41.9 Å². The first-order valence-electron chi connectivity index (χ1n) is 9.02. The van der Waals surface area contributed by atoms with Gasteiger partial charge in [-0.3, -0.25) is 14.3 Å². The summed E-state index contributed by atoms with van der Waals surface area (Å²) >= 11 is 0. The Labute approximate surface area is 172 Å². The second-order valence-electron chi connectivity index (χ2n) is 6.76. The molecule has 9 nitrogen and oxygen atoms in total. The molecule has 1 aliphatic heterocycles. The normalized spacial score (nSPS) is 21.0. The molecule has 1 aromatic carbocycles. The molecule has 1 N–H and O–H groups in total. The Morgan fingerprint density at radius 2 is 2.07 bits per heavy atom. The average Bonchev–Trinajstić information content (AvgIpc) is 3.14. The van der Waals surface area contributed by atoms with Gasteiger partial charge in [0.25, 0.3) is 5.56 Å². The van der Waals surface area contributed by atoms with Gasteiger partial charge in [0.1, 0.15) is 18.9 Å².